The summed E-state index contributed by atoms with van der Waals surface area (Å²) in [6, 6.07) is 4.10. The van der Waals surface area contributed by atoms with Crippen molar-refractivity contribution in [2.24, 2.45) is 0 Å². The van der Waals surface area contributed by atoms with E-state index in [4.69, 9.17) is 0 Å². The summed E-state index contributed by atoms with van der Waals surface area (Å²) in [6.45, 7) is 5.95. The fraction of sp³-hybridized carbons (Fsp3) is 0.429. The average molecular weight is 276 g/mol. The Morgan fingerprint density at radius 2 is 2.26 bits per heavy atom. The molecule has 5 heteroatoms. The predicted molar refractivity (Wildman–Crippen MR) is 82.0 cm³/mol. The van der Waals surface area contributed by atoms with Crippen LogP contribution < -0.4 is 10.2 Å². The zero-order valence-electron chi connectivity index (χ0n) is 11.7. The van der Waals surface area contributed by atoms with Crippen LogP contribution in [0.15, 0.2) is 23.7 Å². The second-order valence-corrected chi connectivity index (χ2v) is 5.60. The summed E-state index contributed by atoms with van der Waals surface area (Å²) in [6.07, 6.45) is 2.94. The summed E-state index contributed by atoms with van der Waals surface area (Å²) in [5, 5.41) is 6.53. The maximum atomic E-state index is 4.49. The van der Waals surface area contributed by atoms with Crippen LogP contribution >= 0.6 is 11.3 Å². The number of anilines is 2. The lowest BCUT2D eigenvalue weighted by Gasteiger charge is -2.18. The largest absolute Gasteiger partial charge is 0.370 e. The minimum Gasteiger partial charge on any atom is -0.370 e. The van der Waals surface area contributed by atoms with Crippen LogP contribution in [0.1, 0.15) is 24.0 Å². The van der Waals surface area contributed by atoms with Gasteiger partial charge in [0.05, 0.1) is 17.2 Å². The molecular formula is C14H20N4S. The SMILES string of the molecule is CCCNc1cc(N(C)Cc2csc(C)n2)ccn1. The van der Waals surface area contributed by atoms with Gasteiger partial charge < -0.3 is 10.2 Å². The highest BCUT2D eigenvalue weighted by Gasteiger charge is 2.06. The molecule has 0 unspecified atom stereocenters. The van der Waals surface area contributed by atoms with Gasteiger partial charge in [-0.2, -0.15) is 0 Å². The quantitative estimate of drug-likeness (QED) is 0.879. The summed E-state index contributed by atoms with van der Waals surface area (Å²) in [7, 11) is 2.08. The molecule has 0 aliphatic rings. The summed E-state index contributed by atoms with van der Waals surface area (Å²) >= 11 is 1.69. The van der Waals surface area contributed by atoms with Crippen molar-refractivity contribution >= 4 is 22.8 Å². The van der Waals surface area contributed by atoms with E-state index in [1.807, 2.05) is 19.2 Å². The Balaban J connectivity index is 2.03. The van der Waals surface area contributed by atoms with E-state index in [9.17, 15) is 0 Å². The molecule has 0 radical (unpaired) electrons. The Morgan fingerprint density at radius 3 is 2.95 bits per heavy atom. The first-order chi connectivity index (χ1) is 9.19. The lowest BCUT2D eigenvalue weighted by molar-refractivity contribution is 0.887. The first-order valence-corrected chi connectivity index (χ1v) is 7.39. The maximum absolute atomic E-state index is 4.49. The first-order valence-electron chi connectivity index (χ1n) is 6.51. The lowest BCUT2D eigenvalue weighted by Crippen LogP contribution is -2.17. The topological polar surface area (TPSA) is 41.0 Å². The van der Waals surface area contributed by atoms with E-state index in [1.54, 1.807) is 11.3 Å². The van der Waals surface area contributed by atoms with E-state index >= 15 is 0 Å². The summed E-state index contributed by atoms with van der Waals surface area (Å²) in [5.74, 6) is 0.931. The fourth-order valence-electron chi connectivity index (χ4n) is 1.82. The van der Waals surface area contributed by atoms with E-state index in [2.05, 4.69) is 45.6 Å². The highest BCUT2D eigenvalue weighted by Crippen LogP contribution is 2.19. The van der Waals surface area contributed by atoms with Gasteiger partial charge >= 0.3 is 0 Å². The van der Waals surface area contributed by atoms with Crippen molar-refractivity contribution in [3.8, 4) is 0 Å². The molecule has 0 aliphatic heterocycles. The van der Waals surface area contributed by atoms with E-state index in [1.165, 1.54) is 0 Å². The van der Waals surface area contributed by atoms with Crippen LogP contribution in [0.5, 0.6) is 0 Å². The fourth-order valence-corrected chi connectivity index (χ4v) is 2.43. The van der Waals surface area contributed by atoms with Crippen LogP contribution in [0, 0.1) is 6.92 Å². The normalized spacial score (nSPS) is 10.5. The Morgan fingerprint density at radius 1 is 1.42 bits per heavy atom. The van der Waals surface area contributed by atoms with E-state index in [-0.39, 0.29) is 0 Å². The van der Waals surface area contributed by atoms with Crippen LogP contribution in [0.4, 0.5) is 11.5 Å². The van der Waals surface area contributed by atoms with Crippen LogP contribution in [-0.4, -0.2) is 23.6 Å². The molecule has 4 nitrogen and oxygen atoms in total. The number of nitrogens with zero attached hydrogens (tertiary/aromatic N) is 3. The van der Waals surface area contributed by atoms with Crippen LogP contribution in [0.3, 0.4) is 0 Å². The molecule has 0 amide bonds. The monoisotopic (exact) mass is 276 g/mol. The van der Waals surface area contributed by atoms with Crippen molar-refractivity contribution in [3.63, 3.8) is 0 Å². The third-order valence-electron chi connectivity index (χ3n) is 2.81. The van der Waals surface area contributed by atoms with E-state index in [0.29, 0.717) is 0 Å². The summed E-state index contributed by atoms with van der Waals surface area (Å²) in [4.78, 5) is 11.0. The van der Waals surface area contributed by atoms with E-state index in [0.717, 1.165) is 41.7 Å². The number of rotatable bonds is 6. The molecule has 2 aromatic rings. The summed E-state index contributed by atoms with van der Waals surface area (Å²) < 4.78 is 0. The highest BCUT2D eigenvalue weighted by molar-refractivity contribution is 7.09. The molecule has 0 fully saturated rings. The number of thiazole rings is 1. The van der Waals surface area contributed by atoms with Crippen molar-refractivity contribution < 1.29 is 0 Å². The van der Waals surface area contributed by atoms with Crippen molar-refractivity contribution in [2.45, 2.75) is 26.8 Å². The molecule has 102 valence electrons. The van der Waals surface area contributed by atoms with Crippen molar-refractivity contribution in [3.05, 3.63) is 34.4 Å². The number of pyridine rings is 1. The molecule has 0 spiro atoms. The molecule has 0 saturated heterocycles. The van der Waals surface area contributed by atoms with Gasteiger partial charge in [0.2, 0.25) is 0 Å². The van der Waals surface area contributed by atoms with Crippen molar-refractivity contribution in [2.75, 3.05) is 23.8 Å². The summed E-state index contributed by atoms with van der Waals surface area (Å²) in [5.41, 5.74) is 2.27. The number of hydrogen-bond acceptors (Lipinski definition) is 5. The molecule has 2 heterocycles. The number of hydrogen-bond donors (Lipinski definition) is 1. The second kappa shape index (κ2) is 6.52. The molecule has 2 aromatic heterocycles. The minimum absolute atomic E-state index is 0.821. The Kier molecular flexibility index (Phi) is 4.74. The smallest absolute Gasteiger partial charge is 0.127 e. The lowest BCUT2D eigenvalue weighted by atomic mass is 10.3. The molecule has 0 saturated carbocycles. The molecule has 0 aliphatic carbocycles. The highest BCUT2D eigenvalue weighted by atomic mass is 32.1. The van der Waals surface area contributed by atoms with Gasteiger partial charge in [-0.15, -0.1) is 11.3 Å². The standard InChI is InChI=1S/C14H20N4S/c1-4-6-15-14-8-13(5-7-16-14)18(3)9-12-10-19-11(2)17-12/h5,7-8,10H,4,6,9H2,1-3H3,(H,15,16). The molecule has 1 N–H and O–H groups in total. The third-order valence-corrected chi connectivity index (χ3v) is 3.63. The minimum atomic E-state index is 0.821. The number of nitrogens with one attached hydrogen (secondary N) is 1. The molecular weight excluding hydrogens is 256 g/mol. The van der Waals surface area contributed by atoms with Gasteiger partial charge in [-0.3, -0.25) is 0 Å². The van der Waals surface area contributed by atoms with Gasteiger partial charge in [0.1, 0.15) is 5.82 Å². The van der Waals surface area contributed by atoms with Crippen molar-refractivity contribution in [1.82, 2.24) is 9.97 Å². The molecule has 0 aromatic carbocycles. The average Bonchev–Trinajstić information content (AvgIpc) is 2.82. The second-order valence-electron chi connectivity index (χ2n) is 4.54. The van der Waals surface area contributed by atoms with Gasteiger partial charge in [0.25, 0.3) is 0 Å². The zero-order valence-corrected chi connectivity index (χ0v) is 12.5. The van der Waals surface area contributed by atoms with Gasteiger partial charge in [0.15, 0.2) is 0 Å². The maximum Gasteiger partial charge on any atom is 0.127 e. The van der Waals surface area contributed by atoms with Crippen LogP contribution in [0.25, 0.3) is 0 Å². The van der Waals surface area contributed by atoms with Gasteiger partial charge in [-0.05, 0) is 19.4 Å². The van der Waals surface area contributed by atoms with Gasteiger partial charge in [-0.25, -0.2) is 9.97 Å². The predicted octanol–water partition coefficient (Wildman–Crippen LogP) is 3.30. The number of aryl methyl sites for hydroxylation is 1. The van der Waals surface area contributed by atoms with Crippen molar-refractivity contribution in [1.29, 1.82) is 0 Å². The first kappa shape index (κ1) is 13.8. The molecule has 0 bridgehead atoms. The van der Waals surface area contributed by atoms with Crippen LogP contribution in [-0.2, 0) is 6.54 Å². The molecule has 19 heavy (non-hydrogen) atoms. The molecule has 2 rings (SSSR count). The molecule has 0 atom stereocenters. The van der Waals surface area contributed by atoms with E-state index < -0.39 is 0 Å². The van der Waals surface area contributed by atoms with Gasteiger partial charge in [0, 0.05) is 36.9 Å². The number of aromatic nitrogens is 2. The Hall–Kier alpha value is -1.62. The van der Waals surface area contributed by atoms with Crippen LogP contribution in [0.2, 0.25) is 0 Å². The Bertz CT molecular complexity index is 524. The zero-order chi connectivity index (χ0) is 13.7. The van der Waals surface area contributed by atoms with Gasteiger partial charge in [-0.1, -0.05) is 6.92 Å². The Labute approximate surface area is 118 Å². The third kappa shape index (κ3) is 3.92.